The standard InChI is InChI=1S/C17H24N2O4/c18-17(20)16-8-15(12-22-10-13-4-2-1-3-5-13)23-19(16)9-14-6-7-21-11-14/h1-5,14-16H,6-12H2,(H2,18,20). The zero-order valence-corrected chi connectivity index (χ0v) is 13.2. The maximum absolute atomic E-state index is 11.7. The third-order valence-corrected chi connectivity index (χ3v) is 4.32. The lowest BCUT2D eigenvalue weighted by Crippen LogP contribution is -2.41. The van der Waals surface area contributed by atoms with Gasteiger partial charge in [0.05, 0.1) is 19.8 Å². The predicted octanol–water partition coefficient (Wildman–Crippen LogP) is 1.10. The summed E-state index contributed by atoms with van der Waals surface area (Å²) < 4.78 is 11.1. The molecule has 0 aromatic heterocycles. The summed E-state index contributed by atoms with van der Waals surface area (Å²) in [7, 11) is 0. The van der Waals surface area contributed by atoms with Gasteiger partial charge in [-0.3, -0.25) is 9.63 Å². The second-order valence-corrected chi connectivity index (χ2v) is 6.21. The van der Waals surface area contributed by atoms with Crippen molar-refractivity contribution in [2.24, 2.45) is 11.7 Å². The van der Waals surface area contributed by atoms with Crippen LogP contribution in [0.5, 0.6) is 0 Å². The Labute approximate surface area is 136 Å². The van der Waals surface area contributed by atoms with Crippen LogP contribution in [0, 0.1) is 5.92 Å². The second-order valence-electron chi connectivity index (χ2n) is 6.21. The van der Waals surface area contributed by atoms with Crippen molar-refractivity contribution in [2.75, 3.05) is 26.4 Å². The smallest absolute Gasteiger partial charge is 0.237 e. The normalized spacial score (nSPS) is 28.3. The number of amides is 1. The van der Waals surface area contributed by atoms with E-state index in [0.29, 0.717) is 32.1 Å². The van der Waals surface area contributed by atoms with E-state index in [1.54, 1.807) is 5.06 Å². The van der Waals surface area contributed by atoms with Crippen LogP contribution in [0.4, 0.5) is 0 Å². The minimum atomic E-state index is -0.374. The fourth-order valence-electron chi connectivity index (χ4n) is 3.07. The maximum atomic E-state index is 11.7. The molecule has 2 aliphatic rings. The zero-order chi connectivity index (χ0) is 16.1. The fraction of sp³-hybridized carbons (Fsp3) is 0.588. The van der Waals surface area contributed by atoms with Crippen molar-refractivity contribution >= 4 is 5.91 Å². The number of hydrogen-bond donors (Lipinski definition) is 1. The largest absolute Gasteiger partial charge is 0.381 e. The number of nitrogens with two attached hydrogens (primary N) is 1. The summed E-state index contributed by atoms with van der Waals surface area (Å²) in [6, 6.07) is 9.62. The Morgan fingerprint density at radius 3 is 2.87 bits per heavy atom. The first-order valence-corrected chi connectivity index (χ1v) is 8.14. The number of primary amides is 1. The van der Waals surface area contributed by atoms with E-state index < -0.39 is 0 Å². The Morgan fingerprint density at radius 1 is 1.35 bits per heavy atom. The lowest BCUT2D eigenvalue weighted by Gasteiger charge is -2.23. The van der Waals surface area contributed by atoms with Crippen LogP contribution in [0.3, 0.4) is 0 Å². The summed E-state index contributed by atoms with van der Waals surface area (Å²) in [5.74, 6) is 0.0651. The monoisotopic (exact) mass is 320 g/mol. The summed E-state index contributed by atoms with van der Waals surface area (Å²) in [6.07, 6.45) is 1.46. The van der Waals surface area contributed by atoms with Gasteiger partial charge < -0.3 is 15.2 Å². The third-order valence-electron chi connectivity index (χ3n) is 4.32. The van der Waals surface area contributed by atoms with Crippen LogP contribution in [0.2, 0.25) is 0 Å². The van der Waals surface area contributed by atoms with Gasteiger partial charge in [-0.05, 0) is 17.9 Å². The zero-order valence-electron chi connectivity index (χ0n) is 13.2. The van der Waals surface area contributed by atoms with Gasteiger partial charge in [-0.2, -0.15) is 5.06 Å². The Bertz CT molecular complexity index is 505. The van der Waals surface area contributed by atoms with Crippen LogP contribution in [0.1, 0.15) is 18.4 Å². The van der Waals surface area contributed by atoms with Gasteiger partial charge in [0.25, 0.3) is 0 Å². The Balaban J connectivity index is 1.47. The molecule has 2 fully saturated rings. The molecule has 1 aromatic rings. The highest BCUT2D eigenvalue weighted by Crippen LogP contribution is 2.25. The molecule has 23 heavy (non-hydrogen) atoms. The minimum absolute atomic E-state index is 0.126. The molecule has 2 aliphatic heterocycles. The summed E-state index contributed by atoms with van der Waals surface area (Å²) in [6.45, 7) is 3.18. The second kappa shape index (κ2) is 7.88. The van der Waals surface area contributed by atoms with Crippen molar-refractivity contribution in [1.29, 1.82) is 0 Å². The number of carbonyl (C=O) groups is 1. The van der Waals surface area contributed by atoms with E-state index in [2.05, 4.69) is 0 Å². The van der Waals surface area contributed by atoms with Crippen molar-refractivity contribution in [3.63, 3.8) is 0 Å². The summed E-state index contributed by atoms with van der Waals surface area (Å²) in [5.41, 5.74) is 6.63. The van der Waals surface area contributed by atoms with E-state index in [9.17, 15) is 4.79 Å². The van der Waals surface area contributed by atoms with Crippen molar-refractivity contribution in [3.05, 3.63) is 35.9 Å². The molecule has 3 rings (SSSR count). The molecule has 3 unspecified atom stereocenters. The van der Waals surface area contributed by atoms with Crippen molar-refractivity contribution in [2.45, 2.75) is 31.6 Å². The Morgan fingerprint density at radius 2 is 2.17 bits per heavy atom. The Kier molecular flexibility index (Phi) is 5.61. The van der Waals surface area contributed by atoms with E-state index in [4.69, 9.17) is 20.0 Å². The number of rotatable bonds is 7. The average molecular weight is 320 g/mol. The SMILES string of the molecule is NC(=O)C1CC(COCc2ccccc2)ON1CC1CCOC1. The van der Waals surface area contributed by atoms with E-state index in [1.807, 2.05) is 30.3 Å². The molecule has 2 heterocycles. The molecule has 0 bridgehead atoms. The first kappa shape index (κ1) is 16.4. The molecule has 0 aliphatic carbocycles. The van der Waals surface area contributed by atoms with Crippen LogP contribution in [-0.2, 0) is 25.7 Å². The molecule has 6 nitrogen and oxygen atoms in total. The van der Waals surface area contributed by atoms with Gasteiger partial charge in [0.2, 0.25) is 5.91 Å². The van der Waals surface area contributed by atoms with Crippen LogP contribution in [0.15, 0.2) is 30.3 Å². The summed E-state index contributed by atoms with van der Waals surface area (Å²) >= 11 is 0. The third kappa shape index (κ3) is 4.51. The molecule has 1 aromatic carbocycles. The van der Waals surface area contributed by atoms with Crippen LogP contribution in [-0.4, -0.2) is 49.5 Å². The molecule has 0 spiro atoms. The molecule has 2 saturated heterocycles. The van der Waals surface area contributed by atoms with Crippen molar-refractivity contribution < 1.29 is 19.1 Å². The number of carbonyl (C=O) groups excluding carboxylic acids is 1. The lowest BCUT2D eigenvalue weighted by molar-refractivity contribution is -0.183. The maximum Gasteiger partial charge on any atom is 0.237 e. The molecule has 126 valence electrons. The van der Waals surface area contributed by atoms with Crippen molar-refractivity contribution in [3.8, 4) is 0 Å². The molecule has 0 radical (unpaired) electrons. The first-order valence-electron chi connectivity index (χ1n) is 8.14. The molecule has 1 amide bonds. The van der Waals surface area contributed by atoms with Gasteiger partial charge in [0, 0.05) is 19.6 Å². The number of benzene rings is 1. The highest BCUT2D eigenvalue weighted by Gasteiger charge is 2.38. The predicted molar refractivity (Wildman–Crippen MR) is 84.2 cm³/mol. The fourth-order valence-corrected chi connectivity index (χ4v) is 3.07. The van der Waals surface area contributed by atoms with E-state index in [0.717, 1.165) is 25.2 Å². The van der Waals surface area contributed by atoms with Gasteiger partial charge in [0.15, 0.2) is 0 Å². The summed E-state index contributed by atoms with van der Waals surface area (Å²) in [5, 5.41) is 1.73. The molecule has 6 heteroatoms. The molecule has 0 saturated carbocycles. The molecule has 3 atom stereocenters. The van der Waals surface area contributed by atoms with E-state index in [-0.39, 0.29) is 18.1 Å². The van der Waals surface area contributed by atoms with Crippen molar-refractivity contribution in [1.82, 2.24) is 5.06 Å². The highest BCUT2D eigenvalue weighted by atomic mass is 16.7. The Hall–Kier alpha value is -1.47. The first-order chi connectivity index (χ1) is 11.2. The number of hydroxylamine groups is 2. The number of hydrogen-bond acceptors (Lipinski definition) is 5. The van der Waals surface area contributed by atoms with Gasteiger partial charge in [0.1, 0.15) is 12.1 Å². The lowest BCUT2D eigenvalue weighted by atomic mass is 10.1. The molecular weight excluding hydrogens is 296 g/mol. The van der Waals surface area contributed by atoms with Crippen LogP contribution in [0.25, 0.3) is 0 Å². The van der Waals surface area contributed by atoms with Gasteiger partial charge in [-0.1, -0.05) is 30.3 Å². The van der Waals surface area contributed by atoms with Gasteiger partial charge in [-0.15, -0.1) is 0 Å². The number of ether oxygens (including phenoxy) is 2. The van der Waals surface area contributed by atoms with Crippen LogP contribution >= 0.6 is 0 Å². The van der Waals surface area contributed by atoms with Gasteiger partial charge in [-0.25, -0.2) is 0 Å². The highest BCUT2D eigenvalue weighted by molar-refractivity contribution is 5.79. The van der Waals surface area contributed by atoms with E-state index >= 15 is 0 Å². The topological polar surface area (TPSA) is 74.0 Å². The van der Waals surface area contributed by atoms with Gasteiger partial charge >= 0.3 is 0 Å². The number of nitrogens with zero attached hydrogens (tertiary/aromatic N) is 1. The minimum Gasteiger partial charge on any atom is -0.381 e. The summed E-state index contributed by atoms with van der Waals surface area (Å²) in [4.78, 5) is 17.5. The average Bonchev–Trinajstić information content (AvgIpc) is 3.19. The van der Waals surface area contributed by atoms with E-state index in [1.165, 1.54) is 0 Å². The molecular formula is C17H24N2O4. The molecule has 2 N–H and O–H groups in total. The quantitative estimate of drug-likeness (QED) is 0.814. The van der Waals surface area contributed by atoms with Crippen LogP contribution < -0.4 is 5.73 Å².